The Kier molecular flexibility index (Phi) is 7.04. The molecule has 5 aliphatic rings. The summed E-state index contributed by atoms with van der Waals surface area (Å²) < 4.78 is 29.0. The summed E-state index contributed by atoms with van der Waals surface area (Å²) in [5.41, 5.74) is -1.03. The van der Waals surface area contributed by atoms with E-state index in [0.29, 0.717) is 12.8 Å². The molecule has 2 aliphatic heterocycles. The largest absolute Gasteiger partial charge is 0.493 e. The molecule has 38 heavy (non-hydrogen) atoms. The van der Waals surface area contributed by atoms with Crippen LogP contribution in [0, 0.1) is 28.6 Å². The zero-order valence-corrected chi connectivity index (χ0v) is 22.3. The minimum atomic E-state index is -1.58. The Labute approximate surface area is 221 Å². The van der Waals surface area contributed by atoms with Gasteiger partial charge in [0.05, 0.1) is 26.9 Å². The molecule has 2 heterocycles. The third-order valence-corrected chi connectivity index (χ3v) is 9.98. The van der Waals surface area contributed by atoms with Crippen LogP contribution in [0.1, 0.15) is 40.0 Å². The number of aliphatic hydroxyl groups is 4. The summed E-state index contributed by atoms with van der Waals surface area (Å²) in [5.74, 6) is -1.09. The van der Waals surface area contributed by atoms with Gasteiger partial charge in [-0.15, -0.1) is 0 Å². The Bertz CT molecular complexity index is 1050. The van der Waals surface area contributed by atoms with Crippen molar-refractivity contribution in [2.24, 2.45) is 28.6 Å². The molecule has 0 amide bonds. The van der Waals surface area contributed by atoms with Gasteiger partial charge in [0.1, 0.15) is 24.4 Å². The molecule has 12 atom stereocenters. The van der Waals surface area contributed by atoms with Crippen LogP contribution < -0.4 is 0 Å². The van der Waals surface area contributed by atoms with Crippen molar-refractivity contribution < 1.29 is 53.7 Å². The summed E-state index contributed by atoms with van der Waals surface area (Å²) in [4.78, 5) is 27.8. The number of hydrogen-bond donors (Lipinski definition) is 4. The summed E-state index contributed by atoms with van der Waals surface area (Å²) in [6, 6.07) is 0. The van der Waals surface area contributed by atoms with Crippen molar-refractivity contribution in [1.29, 1.82) is 0 Å². The second-order valence-electron chi connectivity index (χ2n) is 11.6. The van der Waals surface area contributed by atoms with Crippen molar-refractivity contribution >= 4 is 11.6 Å². The van der Waals surface area contributed by atoms with Crippen molar-refractivity contribution in [1.82, 2.24) is 0 Å². The average Bonchev–Trinajstić information content (AvgIpc) is 2.88. The number of hydrogen-bond acceptors (Lipinski definition) is 11. The number of rotatable bonds is 5. The van der Waals surface area contributed by atoms with Crippen LogP contribution in [0.4, 0.5) is 0 Å². The zero-order chi connectivity index (χ0) is 27.7. The molecule has 3 fully saturated rings. The fourth-order valence-electron chi connectivity index (χ4n) is 7.94. The second-order valence-corrected chi connectivity index (χ2v) is 11.6. The Morgan fingerprint density at radius 3 is 2.37 bits per heavy atom. The van der Waals surface area contributed by atoms with E-state index in [1.54, 1.807) is 6.08 Å². The summed E-state index contributed by atoms with van der Waals surface area (Å²) in [7, 11) is 2.91. The first-order chi connectivity index (χ1) is 17.9. The molecule has 1 saturated carbocycles. The number of fused-ring (bicyclic) bond motifs is 2. The minimum Gasteiger partial charge on any atom is -0.493 e. The van der Waals surface area contributed by atoms with Gasteiger partial charge in [-0.2, -0.15) is 0 Å². The molecule has 0 aromatic heterocycles. The third kappa shape index (κ3) is 3.67. The summed E-state index contributed by atoms with van der Waals surface area (Å²) >= 11 is 0. The molecule has 0 aromatic rings. The lowest BCUT2D eigenvalue weighted by Crippen LogP contribution is -2.69. The van der Waals surface area contributed by atoms with Gasteiger partial charge in [0.15, 0.2) is 24.1 Å². The number of aliphatic hydroxyl groups excluding tert-OH is 4. The average molecular weight is 539 g/mol. The number of ether oxygens (including phenoxy) is 5. The highest BCUT2D eigenvalue weighted by molar-refractivity contribution is 6.07. The van der Waals surface area contributed by atoms with E-state index in [4.69, 9.17) is 23.7 Å². The molecule has 11 nitrogen and oxygen atoms in total. The smallest absolute Gasteiger partial charge is 0.203 e. The highest BCUT2D eigenvalue weighted by Gasteiger charge is 2.71. The van der Waals surface area contributed by atoms with Crippen LogP contribution in [-0.2, 0) is 33.3 Å². The van der Waals surface area contributed by atoms with Gasteiger partial charge in [-0.05, 0) is 43.3 Å². The maximum Gasteiger partial charge on any atom is 0.203 e. The Hall–Kier alpha value is -1.86. The molecule has 212 valence electrons. The zero-order valence-electron chi connectivity index (χ0n) is 22.3. The first-order valence-corrected chi connectivity index (χ1v) is 13.1. The molecule has 5 rings (SSSR count). The van der Waals surface area contributed by atoms with Crippen LogP contribution in [0.2, 0.25) is 0 Å². The van der Waals surface area contributed by atoms with E-state index in [1.807, 2.05) is 20.8 Å². The molecule has 4 N–H and O–H groups in total. The lowest BCUT2D eigenvalue weighted by Gasteiger charge is -2.64. The van der Waals surface area contributed by atoms with Crippen LogP contribution in [0.3, 0.4) is 0 Å². The van der Waals surface area contributed by atoms with E-state index < -0.39 is 66.5 Å². The van der Waals surface area contributed by atoms with Gasteiger partial charge in [-0.25, -0.2) is 0 Å². The Morgan fingerprint density at radius 2 is 1.74 bits per heavy atom. The Morgan fingerprint density at radius 1 is 1.03 bits per heavy atom. The van der Waals surface area contributed by atoms with Gasteiger partial charge in [0.25, 0.3) is 0 Å². The molecule has 11 heteroatoms. The van der Waals surface area contributed by atoms with E-state index in [2.05, 4.69) is 0 Å². The molecule has 0 aromatic carbocycles. The predicted octanol–water partition coefficient (Wildman–Crippen LogP) is 0.189. The maximum atomic E-state index is 14.0. The standard InChI is InChI=1S/C27H38O11/c1-11-13-9-17(38-25-20(31)19(30)18(29)15(10-28)36-25)37-16-8-12-6-7-14(34-4)24(33)26(12,2)23(27(13,16)3)21(32)22(11)35-5/h7,12-13,15-20,23,25,28-31H,6,8-10H2,1-5H3/t12-,13+,15-,16-,17+,18-,19+,20-,23-,25+,26+,27-/m1/s1. The van der Waals surface area contributed by atoms with Gasteiger partial charge in [-0.1, -0.05) is 13.8 Å². The highest BCUT2D eigenvalue weighted by atomic mass is 16.8. The van der Waals surface area contributed by atoms with E-state index in [9.17, 15) is 30.0 Å². The van der Waals surface area contributed by atoms with Crippen LogP contribution in [-0.4, -0.2) is 95.9 Å². The predicted molar refractivity (Wildman–Crippen MR) is 129 cm³/mol. The maximum absolute atomic E-state index is 14.0. The van der Waals surface area contributed by atoms with Crippen molar-refractivity contribution in [3.05, 3.63) is 23.2 Å². The summed E-state index contributed by atoms with van der Waals surface area (Å²) in [5, 5.41) is 40.4. The summed E-state index contributed by atoms with van der Waals surface area (Å²) in [6.07, 6.45) is -5.41. The van der Waals surface area contributed by atoms with E-state index in [-0.39, 0.29) is 41.3 Å². The molecule has 2 saturated heterocycles. The fraction of sp³-hybridized carbons (Fsp3) is 0.778. The molecule has 3 aliphatic carbocycles. The SMILES string of the molecule is COC1=CC[C@@H]2C[C@H]3O[C@@H](O[C@@H]4O[C@H](CO)[C@@H](O)[C@H](O)[C@H]4O)C[C@H]4C(C)=C(OC)C(=O)[C@H]([C@@]2(C)C1=O)[C@@]34C. The van der Waals surface area contributed by atoms with Gasteiger partial charge in [-0.3, -0.25) is 9.59 Å². The molecular weight excluding hydrogens is 500 g/mol. The molecular formula is C27H38O11. The van der Waals surface area contributed by atoms with Crippen molar-refractivity contribution in [3.63, 3.8) is 0 Å². The van der Waals surface area contributed by atoms with E-state index in [1.165, 1.54) is 14.2 Å². The number of Topliss-reactive ketones (excluding diaryl/α,β-unsaturated/α-hetero) is 2. The first-order valence-electron chi connectivity index (χ1n) is 13.1. The normalized spacial score (nSPS) is 48.7. The third-order valence-electron chi connectivity index (χ3n) is 9.98. The molecule has 0 spiro atoms. The van der Waals surface area contributed by atoms with Crippen molar-refractivity contribution in [2.45, 2.75) is 83.1 Å². The molecule has 0 bridgehead atoms. The van der Waals surface area contributed by atoms with Crippen molar-refractivity contribution in [2.75, 3.05) is 20.8 Å². The van der Waals surface area contributed by atoms with Crippen LogP contribution in [0.15, 0.2) is 23.2 Å². The number of carbonyl (C=O) groups is 2. The lowest BCUT2D eigenvalue weighted by molar-refractivity contribution is -0.364. The molecule has 0 radical (unpaired) electrons. The van der Waals surface area contributed by atoms with Gasteiger partial charge >= 0.3 is 0 Å². The molecule has 0 unspecified atom stereocenters. The number of methoxy groups -OCH3 is 2. The van der Waals surface area contributed by atoms with Crippen LogP contribution >= 0.6 is 0 Å². The summed E-state index contributed by atoms with van der Waals surface area (Å²) in [6.45, 7) is 5.11. The number of allylic oxidation sites excluding steroid dienone is 4. The van der Waals surface area contributed by atoms with Gasteiger partial charge in [0.2, 0.25) is 11.6 Å². The van der Waals surface area contributed by atoms with Crippen molar-refractivity contribution in [3.8, 4) is 0 Å². The van der Waals surface area contributed by atoms with E-state index in [0.717, 1.165) is 5.57 Å². The Balaban J connectivity index is 1.52. The first kappa shape index (κ1) is 27.7. The lowest BCUT2D eigenvalue weighted by atomic mass is 9.41. The van der Waals surface area contributed by atoms with Gasteiger partial charge < -0.3 is 44.1 Å². The second kappa shape index (κ2) is 9.65. The van der Waals surface area contributed by atoms with Gasteiger partial charge in [0, 0.05) is 23.2 Å². The highest BCUT2D eigenvalue weighted by Crippen LogP contribution is 2.67. The van der Waals surface area contributed by atoms with Crippen LogP contribution in [0.5, 0.6) is 0 Å². The topological polar surface area (TPSA) is 161 Å². The fourth-order valence-corrected chi connectivity index (χ4v) is 7.94. The number of carbonyl (C=O) groups excluding carboxylic acids is 2. The quantitative estimate of drug-likeness (QED) is 0.378. The van der Waals surface area contributed by atoms with E-state index >= 15 is 0 Å². The number of ketones is 2. The van der Waals surface area contributed by atoms with Crippen LogP contribution in [0.25, 0.3) is 0 Å². The monoisotopic (exact) mass is 538 g/mol. The minimum absolute atomic E-state index is 0.191.